The average Bonchev–Trinajstić information content (AvgIpc) is 3.17. The Morgan fingerprint density at radius 1 is 1.08 bits per heavy atom. The van der Waals surface area contributed by atoms with E-state index in [9.17, 15) is 14.9 Å². The van der Waals surface area contributed by atoms with E-state index in [0.717, 1.165) is 23.2 Å². The van der Waals surface area contributed by atoms with E-state index in [1.165, 1.54) is 12.1 Å². The Labute approximate surface area is 150 Å². The molecule has 0 saturated carbocycles. The molecule has 7 nitrogen and oxygen atoms in total. The normalized spacial score (nSPS) is 10.5. The van der Waals surface area contributed by atoms with Crippen LogP contribution in [0.5, 0.6) is 0 Å². The van der Waals surface area contributed by atoms with Crippen molar-refractivity contribution in [1.29, 1.82) is 0 Å². The minimum Gasteiger partial charge on any atom is -0.355 e. The predicted molar refractivity (Wildman–Crippen MR) is 97.1 cm³/mol. The number of hydrogen-bond acceptors (Lipinski definition) is 4. The van der Waals surface area contributed by atoms with E-state index in [2.05, 4.69) is 10.4 Å². The first-order valence-electron chi connectivity index (χ1n) is 8.21. The zero-order valence-electron chi connectivity index (χ0n) is 14.0. The molecule has 1 amide bonds. The van der Waals surface area contributed by atoms with Crippen molar-refractivity contribution in [3.05, 3.63) is 88.2 Å². The Balaban J connectivity index is 1.45. The number of carbonyl (C=O) groups is 1. The van der Waals surface area contributed by atoms with Crippen molar-refractivity contribution in [3.63, 3.8) is 0 Å². The lowest BCUT2D eigenvalue weighted by atomic mass is 10.1. The van der Waals surface area contributed by atoms with Gasteiger partial charge in [-0.05, 0) is 35.7 Å². The van der Waals surface area contributed by atoms with Crippen LogP contribution >= 0.6 is 0 Å². The van der Waals surface area contributed by atoms with Gasteiger partial charge in [0.25, 0.3) is 5.69 Å². The zero-order valence-corrected chi connectivity index (χ0v) is 14.0. The Kier molecular flexibility index (Phi) is 5.38. The second-order valence-corrected chi connectivity index (χ2v) is 5.82. The molecule has 0 unspecified atom stereocenters. The minimum atomic E-state index is -0.457. The third-order valence-corrected chi connectivity index (χ3v) is 3.95. The number of nitrogens with one attached hydrogen (secondary N) is 1. The Morgan fingerprint density at radius 3 is 2.38 bits per heavy atom. The van der Waals surface area contributed by atoms with Gasteiger partial charge in [0.15, 0.2) is 0 Å². The van der Waals surface area contributed by atoms with Gasteiger partial charge in [-0.2, -0.15) is 5.10 Å². The maximum Gasteiger partial charge on any atom is 0.269 e. The van der Waals surface area contributed by atoms with Gasteiger partial charge in [0.2, 0.25) is 5.91 Å². The van der Waals surface area contributed by atoms with Gasteiger partial charge < -0.3 is 5.32 Å². The molecule has 132 valence electrons. The van der Waals surface area contributed by atoms with Crippen LogP contribution in [0.25, 0.3) is 5.69 Å². The Bertz CT molecular complexity index is 872. The van der Waals surface area contributed by atoms with Gasteiger partial charge in [-0.1, -0.05) is 24.3 Å². The summed E-state index contributed by atoms with van der Waals surface area (Å²) in [6, 6.07) is 15.9. The van der Waals surface area contributed by atoms with E-state index >= 15 is 0 Å². The molecule has 0 aliphatic rings. The quantitative estimate of drug-likeness (QED) is 0.524. The molecule has 0 bridgehead atoms. The smallest absolute Gasteiger partial charge is 0.269 e. The van der Waals surface area contributed by atoms with Gasteiger partial charge in [0.1, 0.15) is 0 Å². The van der Waals surface area contributed by atoms with Gasteiger partial charge in [-0.15, -0.1) is 0 Å². The number of amides is 1. The maximum atomic E-state index is 12.0. The summed E-state index contributed by atoms with van der Waals surface area (Å²) in [6.45, 7) is 0.535. The predicted octanol–water partition coefficient (Wildman–Crippen LogP) is 2.68. The number of non-ortho nitro benzene ring substituents is 1. The monoisotopic (exact) mass is 350 g/mol. The van der Waals surface area contributed by atoms with Crippen molar-refractivity contribution >= 4 is 11.6 Å². The first-order valence-corrected chi connectivity index (χ1v) is 8.21. The standard InChI is InChI=1S/C19H18N4O3/c24-19(14-16-4-8-18(9-5-16)23(25)26)20-12-10-15-2-6-17(7-3-15)22-13-1-11-21-22/h1-9,11,13H,10,12,14H2,(H,20,24). The fourth-order valence-corrected chi connectivity index (χ4v) is 2.57. The summed E-state index contributed by atoms with van der Waals surface area (Å²) < 4.78 is 1.79. The fourth-order valence-electron chi connectivity index (χ4n) is 2.57. The minimum absolute atomic E-state index is 0.0210. The summed E-state index contributed by atoms with van der Waals surface area (Å²) in [4.78, 5) is 22.1. The summed E-state index contributed by atoms with van der Waals surface area (Å²) in [5, 5.41) is 17.7. The summed E-state index contributed by atoms with van der Waals surface area (Å²) in [7, 11) is 0. The van der Waals surface area contributed by atoms with E-state index in [1.807, 2.05) is 36.5 Å². The Morgan fingerprint density at radius 2 is 1.77 bits per heavy atom. The molecule has 1 N–H and O–H groups in total. The summed E-state index contributed by atoms with van der Waals surface area (Å²) in [6.07, 6.45) is 4.55. The summed E-state index contributed by atoms with van der Waals surface area (Å²) in [5.74, 6) is -0.105. The molecular weight excluding hydrogens is 332 g/mol. The third-order valence-electron chi connectivity index (χ3n) is 3.95. The number of benzene rings is 2. The third kappa shape index (κ3) is 4.54. The van der Waals surface area contributed by atoms with Crippen LogP contribution in [-0.2, 0) is 17.6 Å². The van der Waals surface area contributed by atoms with E-state index in [4.69, 9.17) is 0 Å². The molecule has 7 heteroatoms. The first-order chi connectivity index (χ1) is 12.6. The molecule has 0 saturated heterocycles. The molecule has 1 heterocycles. The lowest BCUT2D eigenvalue weighted by molar-refractivity contribution is -0.384. The summed E-state index contributed by atoms with van der Waals surface area (Å²) in [5.41, 5.74) is 2.88. The van der Waals surface area contributed by atoms with E-state index in [0.29, 0.717) is 6.54 Å². The lowest BCUT2D eigenvalue weighted by Crippen LogP contribution is -2.27. The number of carbonyl (C=O) groups excluding carboxylic acids is 1. The van der Waals surface area contributed by atoms with Crippen molar-refractivity contribution in [1.82, 2.24) is 15.1 Å². The van der Waals surface area contributed by atoms with Crippen LogP contribution in [0.1, 0.15) is 11.1 Å². The van der Waals surface area contributed by atoms with E-state index in [1.54, 1.807) is 23.0 Å². The van der Waals surface area contributed by atoms with Crippen LogP contribution < -0.4 is 5.32 Å². The molecule has 3 aromatic rings. The van der Waals surface area contributed by atoms with E-state index < -0.39 is 4.92 Å². The molecule has 0 atom stereocenters. The fraction of sp³-hybridized carbons (Fsp3) is 0.158. The van der Waals surface area contributed by atoms with Crippen LogP contribution in [0.15, 0.2) is 67.0 Å². The van der Waals surface area contributed by atoms with Crippen LogP contribution in [0, 0.1) is 10.1 Å². The average molecular weight is 350 g/mol. The molecule has 2 aromatic carbocycles. The largest absolute Gasteiger partial charge is 0.355 e. The van der Waals surface area contributed by atoms with Crippen molar-refractivity contribution in [2.24, 2.45) is 0 Å². The molecule has 26 heavy (non-hydrogen) atoms. The SMILES string of the molecule is O=C(Cc1ccc([N+](=O)[O-])cc1)NCCc1ccc(-n2cccn2)cc1. The molecule has 0 spiro atoms. The van der Waals surface area contributed by atoms with Crippen molar-refractivity contribution < 1.29 is 9.72 Å². The number of nitro benzene ring substituents is 1. The van der Waals surface area contributed by atoms with Crippen LogP contribution in [0.2, 0.25) is 0 Å². The van der Waals surface area contributed by atoms with Gasteiger partial charge in [0, 0.05) is 31.1 Å². The number of rotatable bonds is 7. The van der Waals surface area contributed by atoms with Crippen LogP contribution in [-0.4, -0.2) is 27.2 Å². The molecule has 0 aliphatic heterocycles. The van der Waals surface area contributed by atoms with Crippen molar-refractivity contribution in [2.45, 2.75) is 12.8 Å². The molecule has 0 fully saturated rings. The van der Waals surface area contributed by atoms with Crippen LogP contribution in [0.4, 0.5) is 5.69 Å². The second kappa shape index (κ2) is 8.06. The Hall–Kier alpha value is -3.48. The molecule has 3 rings (SSSR count). The highest BCUT2D eigenvalue weighted by atomic mass is 16.6. The molecule has 0 radical (unpaired) electrons. The van der Waals surface area contributed by atoms with Crippen molar-refractivity contribution in [3.8, 4) is 5.69 Å². The number of nitrogens with zero attached hydrogens (tertiary/aromatic N) is 3. The molecule has 1 aromatic heterocycles. The number of hydrogen-bond donors (Lipinski definition) is 1. The molecule has 0 aliphatic carbocycles. The van der Waals surface area contributed by atoms with Crippen LogP contribution in [0.3, 0.4) is 0 Å². The topological polar surface area (TPSA) is 90.1 Å². The highest BCUT2D eigenvalue weighted by molar-refractivity contribution is 5.78. The maximum absolute atomic E-state index is 12.0. The second-order valence-electron chi connectivity index (χ2n) is 5.82. The highest BCUT2D eigenvalue weighted by Crippen LogP contribution is 2.12. The van der Waals surface area contributed by atoms with Gasteiger partial charge in [-0.25, -0.2) is 4.68 Å². The zero-order chi connectivity index (χ0) is 18.4. The lowest BCUT2D eigenvalue weighted by Gasteiger charge is -2.07. The highest BCUT2D eigenvalue weighted by Gasteiger charge is 2.07. The number of aromatic nitrogens is 2. The summed E-state index contributed by atoms with van der Waals surface area (Å²) >= 11 is 0. The first kappa shape index (κ1) is 17.3. The van der Waals surface area contributed by atoms with Gasteiger partial charge in [0.05, 0.1) is 17.0 Å². The van der Waals surface area contributed by atoms with Gasteiger partial charge >= 0.3 is 0 Å². The van der Waals surface area contributed by atoms with Crippen molar-refractivity contribution in [2.75, 3.05) is 6.54 Å². The number of nitro groups is 1. The van der Waals surface area contributed by atoms with E-state index in [-0.39, 0.29) is 18.0 Å². The molecular formula is C19H18N4O3. The van der Waals surface area contributed by atoms with Gasteiger partial charge in [-0.3, -0.25) is 14.9 Å².